The Hall–Kier alpha value is -2.33. The highest BCUT2D eigenvalue weighted by Crippen LogP contribution is 2.31. The van der Waals surface area contributed by atoms with Gasteiger partial charge in [-0.3, -0.25) is 9.69 Å². The maximum absolute atomic E-state index is 11.2. The van der Waals surface area contributed by atoms with Crippen molar-refractivity contribution in [1.29, 1.82) is 0 Å². The minimum Gasteiger partial charge on any atom is -0.496 e. The predicted molar refractivity (Wildman–Crippen MR) is 109 cm³/mol. The third-order valence-corrected chi connectivity index (χ3v) is 5.59. The Morgan fingerprint density at radius 2 is 1.96 bits per heavy atom. The van der Waals surface area contributed by atoms with Gasteiger partial charge in [0.05, 0.1) is 7.11 Å². The smallest absolute Gasteiger partial charge is 0.248 e. The molecule has 2 N–H and O–H groups in total. The summed E-state index contributed by atoms with van der Waals surface area (Å²) < 4.78 is 5.54. The van der Waals surface area contributed by atoms with E-state index in [9.17, 15) is 4.79 Å². The van der Waals surface area contributed by atoms with Crippen LogP contribution in [0.15, 0.2) is 42.5 Å². The van der Waals surface area contributed by atoms with E-state index in [-0.39, 0.29) is 5.91 Å². The molecule has 2 aromatic rings. The monoisotopic (exact) mass is 366 g/mol. The lowest BCUT2D eigenvalue weighted by Gasteiger charge is -2.35. The van der Waals surface area contributed by atoms with Crippen molar-refractivity contribution < 1.29 is 9.53 Å². The van der Waals surface area contributed by atoms with Crippen LogP contribution in [0.25, 0.3) is 0 Å². The van der Waals surface area contributed by atoms with Gasteiger partial charge in [-0.05, 0) is 73.5 Å². The molecule has 1 aliphatic rings. The third-order valence-electron chi connectivity index (χ3n) is 5.59. The fourth-order valence-corrected chi connectivity index (χ4v) is 4.13. The average Bonchev–Trinajstić information content (AvgIpc) is 2.70. The van der Waals surface area contributed by atoms with Crippen LogP contribution in [-0.2, 0) is 19.3 Å². The lowest BCUT2D eigenvalue weighted by atomic mass is 9.86. The van der Waals surface area contributed by atoms with Crippen LogP contribution < -0.4 is 10.5 Å². The lowest BCUT2D eigenvalue weighted by molar-refractivity contribution is 0.100. The molecule has 0 aliphatic heterocycles. The van der Waals surface area contributed by atoms with Crippen molar-refractivity contribution in [1.82, 2.24) is 4.90 Å². The van der Waals surface area contributed by atoms with Gasteiger partial charge in [-0.25, -0.2) is 0 Å². The first kappa shape index (κ1) is 19.4. The lowest BCUT2D eigenvalue weighted by Crippen LogP contribution is -2.41. The summed E-state index contributed by atoms with van der Waals surface area (Å²) in [6.07, 6.45) is 5.49. The highest BCUT2D eigenvalue weighted by molar-refractivity contribution is 5.92. The minimum atomic E-state index is -0.370. The standard InChI is InChI=1S/C23H30N2O2/c1-3-14-25(15-13-17-7-9-18(10-8-17)23(24)26)20-11-12-21-19(16-20)5-4-6-22(21)27-2/h4-10,20H,3,11-16H2,1-2H3,(H2,24,26). The van der Waals surface area contributed by atoms with Crippen molar-refractivity contribution >= 4 is 5.91 Å². The number of fused-ring (bicyclic) bond motifs is 1. The molecule has 0 saturated carbocycles. The Bertz CT molecular complexity index is 770. The summed E-state index contributed by atoms with van der Waals surface area (Å²) in [7, 11) is 1.76. The number of benzene rings is 2. The van der Waals surface area contributed by atoms with Gasteiger partial charge in [-0.2, -0.15) is 0 Å². The molecule has 1 amide bonds. The van der Waals surface area contributed by atoms with Crippen LogP contribution in [0.2, 0.25) is 0 Å². The van der Waals surface area contributed by atoms with Gasteiger partial charge < -0.3 is 10.5 Å². The van der Waals surface area contributed by atoms with Crippen LogP contribution in [0.4, 0.5) is 0 Å². The molecule has 3 rings (SSSR count). The molecule has 1 aliphatic carbocycles. The van der Waals surface area contributed by atoms with E-state index in [2.05, 4.69) is 30.0 Å². The first-order chi connectivity index (χ1) is 13.1. The molecular weight excluding hydrogens is 336 g/mol. The Morgan fingerprint density at radius 3 is 2.63 bits per heavy atom. The van der Waals surface area contributed by atoms with E-state index in [1.54, 1.807) is 7.11 Å². The molecule has 0 fully saturated rings. The van der Waals surface area contributed by atoms with Crippen LogP contribution in [0.5, 0.6) is 5.75 Å². The first-order valence-electron chi connectivity index (χ1n) is 9.90. The van der Waals surface area contributed by atoms with Crippen molar-refractivity contribution in [3.63, 3.8) is 0 Å². The molecule has 0 saturated heterocycles. The van der Waals surface area contributed by atoms with Crippen molar-refractivity contribution in [2.75, 3.05) is 20.2 Å². The number of hydrogen-bond donors (Lipinski definition) is 1. The summed E-state index contributed by atoms with van der Waals surface area (Å²) in [5.41, 5.74) is 9.96. The van der Waals surface area contributed by atoms with Crippen molar-refractivity contribution in [3.8, 4) is 5.75 Å². The molecule has 27 heavy (non-hydrogen) atoms. The second-order valence-electron chi connectivity index (χ2n) is 7.34. The van der Waals surface area contributed by atoms with Crippen molar-refractivity contribution in [2.24, 2.45) is 5.73 Å². The zero-order chi connectivity index (χ0) is 19.2. The maximum Gasteiger partial charge on any atom is 0.248 e. The van der Waals surface area contributed by atoms with Crippen LogP contribution in [0.3, 0.4) is 0 Å². The molecule has 1 unspecified atom stereocenters. The van der Waals surface area contributed by atoms with Crippen molar-refractivity contribution in [3.05, 3.63) is 64.7 Å². The number of ether oxygens (including phenoxy) is 1. The summed E-state index contributed by atoms with van der Waals surface area (Å²) >= 11 is 0. The Morgan fingerprint density at radius 1 is 1.19 bits per heavy atom. The van der Waals surface area contributed by atoms with E-state index < -0.39 is 0 Å². The molecule has 0 aromatic heterocycles. The second kappa shape index (κ2) is 9.05. The van der Waals surface area contributed by atoms with Gasteiger partial charge in [0.1, 0.15) is 5.75 Å². The Balaban J connectivity index is 1.66. The summed E-state index contributed by atoms with van der Waals surface area (Å²) in [4.78, 5) is 13.9. The van der Waals surface area contributed by atoms with Crippen LogP contribution in [0, 0.1) is 0 Å². The van der Waals surface area contributed by atoms with E-state index in [0.717, 1.165) is 44.5 Å². The number of nitrogens with zero attached hydrogens (tertiary/aromatic N) is 1. The zero-order valence-corrected chi connectivity index (χ0v) is 16.4. The molecule has 0 heterocycles. The summed E-state index contributed by atoms with van der Waals surface area (Å²) in [5.74, 6) is 0.660. The number of hydrogen-bond acceptors (Lipinski definition) is 3. The van der Waals surface area contributed by atoms with Gasteiger partial charge in [0.25, 0.3) is 0 Å². The SMILES string of the molecule is CCCN(CCc1ccc(C(N)=O)cc1)C1CCc2c(cccc2OC)C1. The number of carbonyl (C=O) groups excluding carboxylic acids is 1. The number of primary amides is 1. The number of nitrogens with two attached hydrogens (primary N) is 1. The highest BCUT2D eigenvalue weighted by atomic mass is 16.5. The molecule has 2 aromatic carbocycles. The average molecular weight is 367 g/mol. The first-order valence-corrected chi connectivity index (χ1v) is 9.90. The highest BCUT2D eigenvalue weighted by Gasteiger charge is 2.25. The van der Waals surface area contributed by atoms with E-state index in [1.807, 2.05) is 24.3 Å². The molecule has 4 heteroatoms. The molecule has 1 atom stereocenters. The molecule has 4 nitrogen and oxygen atoms in total. The largest absolute Gasteiger partial charge is 0.496 e. The quantitative estimate of drug-likeness (QED) is 0.776. The second-order valence-corrected chi connectivity index (χ2v) is 7.34. The van der Waals surface area contributed by atoms with E-state index >= 15 is 0 Å². The molecule has 144 valence electrons. The summed E-state index contributed by atoms with van der Waals surface area (Å²) in [6.45, 7) is 4.39. The Labute approximate surface area is 162 Å². The number of methoxy groups -OCH3 is 1. The fraction of sp³-hybridized carbons (Fsp3) is 0.435. The Kier molecular flexibility index (Phi) is 6.51. The van der Waals surface area contributed by atoms with E-state index in [0.29, 0.717) is 11.6 Å². The third kappa shape index (κ3) is 4.69. The normalized spacial score (nSPS) is 16.2. The van der Waals surface area contributed by atoms with Gasteiger partial charge in [-0.1, -0.05) is 31.2 Å². The van der Waals surface area contributed by atoms with Crippen LogP contribution in [0.1, 0.15) is 46.8 Å². The van der Waals surface area contributed by atoms with Crippen LogP contribution in [-0.4, -0.2) is 37.0 Å². The van der Waals surface area contributed by atoms with Crippen molar-refractivity contribution in [2.45, 2.75) is 45.1 Å². The van der Waals surface area contributed by atoms with Gasteiger partial charge in [-0.15, -0.1) is 0 Å². The van der Waals surface area contributed by atoms with E-state index in [4.69, 9.17) is 10.5 Å². The van der Waals surface area contributed by atoms with E-state index in [1.165, 1.54) is 23.1 Å². The number of carbonyl (C=O) groups is 1. The topological polar surface area (TPSA) is 55.6 Å². The van der Waals surface area contributed by atoms with Gasteiger partial charge in [0.2, 0.25) is 5.91 Å². The van der Waals surface area contributed by atoms with Gasteiger partial charge in [0.15, 0.2) is 0 Å². The zero-order valence-electron chi connectivity index (χ0n) is 16.4. The fourth-order valence-electron chi connectivity index (χ4n) is 4.13. The summed E-state index contributed by atoms with van der Waals surface area (Å²) in [6, 6.07) is 14.7. The minimum absolute atomic E-state index is 0.370. The van der Waals surface area contributed by atoms with Gasteiger partial charge >= 0.3 is 0 Å². The predicted octanol–water partition coefficient (Wildman–Crippen LogP) is 3.61. The number of rotatable bonds is 8. The molecule has 0 bridgehead atoms. The number of amides is 1. The van der Waals surface area contributed by atoms with Gasteiger partial charge in [0, 0.05) is 18.2 Å². The molecular formula is C23H30N2O2. The summed E-state index contributed by atoms with van der Waals surface area (Å²) in [5, 5.41) is 0. The van der Waals surface area contributed by atoms with Crippen LogP contribution >= 0.6 is 0 Å². The molecule has 0 spiro atoms. The molecule has 0 radical (unpaired) electrons. The maximum atomic E-state index is 11.2.